The van der Waals surface area contributed by atoms with Gasteiger partial charge in [0.1, 0.15) is 5.75 Å². The van der Waals surface area contributed by atoms with Crippen LogP contribution in [0.25, 0.3) is 0 Å². The zero-order chi connectivity index (χ0) is 15.9. The quantitative estimate of drug-likeness (QED) is 0.685. The Bertz CT molecular complexity index is 738. The first-order chi connectivity index (χ1) is 11.2. The van der Waals surface area contributed by atoms with Gasteiger partial charge in [-0.25, -0.2) is 0 Å². The average molecular weight is 307 g/mol. The lowest BCUT2D eigenvalue weighted by Gasteiger charge is -2.37. The van der Waals surface area contributed by atoms with Crippen LogP contribution < -0.4 is 10.1 Å². The van der Waals surface area contributed by atoms with Crippen molar-refractivity contribution in [2.24, 2.45) is 11.3 Å². The van der Waals surface area contributed by atoms with Crippen molar-refractivity contribution in [3.63, 3.8) is 0 Å². The molecule has 1 heterocycles. The zero-order valence-electron chi connectivity index (χ0n) is 13.3. The van der Waals surface area contributed by atoms with Crippen molar-refractivity contribution in [3.8, 4) is 5.75 Å². The van der Waals surface area contributed by atoms with Crippen LogP contribution in [0.5, 0.6) is 5.75 Å². The van der Waals surface area contributed by atoms with Crippen molar-refractivity contribution >= 4 is 5.97 Å². The molecule has 0 spiro atoms. The fourth-order valence-corrected chi connectivity index (χ4v) is 3.94. The van der Waals surface area contributed by atoms with Crippen LogP contribution in [0.2, 0.25) is 0 Å². The van der Waals surface area contributed by atoms with E-state index in [1.165, 1.54) is 11.1 Å². The van der Waals surface area contributed by atoms with Crippen molar-refractivity contribution in [1.29, 1.82) is 0 Å². The summed E-state index contributed by atoms with van der Waals surface area (Å²) in [5, 5.41) is 3.41. The summed E-state index contributed by atoms with van der Waals surface area (Å²) in [5.41, 5.74) is 3.39. The molecule has 118 valence electrons. The van der Waals surface area contributed by atoms with Crippen LogP contribution in [-0.4, -0.2) is 19.1 Å². The second-order valence-corrected chi connectivity index (χ2v) is 6.84. The zero-order valence-corrected chi connectivity index (χ0v) is 13.3. The van der Waals surface area contributed by atoms with Crippen LogP contribution in [0.3, 0.4) is 0 Å². The number of hydrogen-bond acceptors (Lipinski definition) is 3. The molecule has 2 unspecified atom stereocenters. The van der Waals surface area contributed by atoms with E-state index in [9.17, 15) is 4.79 Å². The largest absolute Gasteiger partial charge is 0.426 e. The highest BCUT2D eigenvalue weighted by atomic mass is 16.5. The molecule has 2 aliphatic rings. The number of hydrogen-bond donors (Lipinski definition) is 1. The van der Waals surface area contributed by atoms with Gasteiger partial charge in [0.2, 0.25) is 0 Å². The SMILES string of the molecule is Cc1ccc(OC(=O)C23CNCC2Cc2ccccc2C3)cc1. The molecule has 1 saturated heterocycles. The lowest BCUT2D eigenvalue weighted by Crippen LogP contribution is -2.46. The number of aryl methyl sites for hydroxylation is 1. The van der Waals surface area contributed by atoms with E-state index < -0.39 is 5.41 Å². The highest BCUT2D eigenvalue weighted by molar-refractivity contribution is 5.81. The van der Waals surface area contributed by atoms with Crippen LogP contribution in [0.15, 0.2) is 48.5 Å². The van der Waals surface area contributed by atoms with Crippen LogP contribution >= 0.6 is 0 Å². The van der Waals surface area contributed by atoms with E-state index in [4.69, 9.17) is 4.74 Å². The standard InChI is InChI=1S/C20H21NO2/c1-14-6-8-18(9-7-14)23-19(22)20-11-16-5-3-2-4-15(16)10-17(20)12-21-13-20/h2-9,17,21H,10-13H2,1H3. The molecule has 1 N–H and O–H groups in total. The van der Waals surface area contributed by atoms with Gasteiger partial charge in [-0.3, -0.25) is 4.79 Å². The monoisotopic (exact) mass is 307 g/mol. The summed E-state index contributed by atoms with van der Waals surface area (Å²) in [6.07, 6.45) is 1.72. The van der Waals surface area contributed by atoms with Crippen molar-refractivity contribution in [1.82, 2.24) is 5.32 Å². The first-order valence-electron chi connectivity index (χ1n) is 8.24. The maximum absolute atomic E-state index is 13.0. The van der Waals surface area contributed by atoms with Gasteiger partial charge in [-0.1, -0.05) is 42.0 Å². The normalized spacial score (nSPS) is 25.5. The predicted octanol–water partition coefficient (Wildman–Crippen LogP) is 2.91. The molecule has 1 aliphatic heterocycles. The third kappa shape index (κ3) is 2.45. The summed E-state index contributed by atoms with van der Waals surface area (Å²) >= 11 is 0. The van der Waals surface area contributed by atoms with Gasteiger partial charge in [-0.2, -0.15) is 0 Å². The second-order valence-electron chi connectivity index (χ2n) is 6.84. The molecule has 1 fully saturated rings. The minimum atomic E-state index is -0.431. The summed E-state index contributed by atoms with van der Waals surface area (Å²) in [6.45, 7) is 3.62. The average Bonchev–Trinajstić information content (AvgIpc) is 2.98. The van der Waals surface area contributed by atoms with E-state index in [2.05, 4.69) is 29.6 Å². The fraction of sp³-hybridized carbons (Fsp3) is 0.350. The minimum Gasteiger partial charge on any atom is -0.426 e. The molecular formula is C20H21NO2. The smallest absolute Gasteiger partial charge is 0.319 e. The lowest BCUT2D eigenvalue weighted by molar-refractivity contribution is -0.147. The van der Waals surface area contributed by atoms with Gasteiger partial charge in [-0.05, 0) is 55.5 Å². The molecule has 3 heteroatoms. The van der Waals surface area contributed by atoms with Gasteiger partial charge in [0.25, 0.3) is 0 Å². The van der Waals surface area contributed by atoms with E-state index in [1.807, 2.05) is 31.2 Å². The summed E-state index contributed by atoms with van der Waals surface area (Å²) < 4.78 is 5.75. The van der Waals surface area contributed by atoms with E-state index in [-0.39, 0.29) is 5.97 Å². The molecule has 1 aliphatic carbocycles. The van der Waals surface area contributed by atoms with Gasteiger partial charge in [-0.15, -0.1) is 0 Å². The van der Waals surface area contributed by atoms with Crippen molar-refractivity contribution in [3.05, 3.63) is 65.2 Å². The Balaban J connectivity index is 1.63. The Kier molecular flexibility index (Phi) is 3.46. The molecule has 4 rings (SSSR count). The third-order valence-corrected chi connectivity index (χ3v) is 5.34. The lowest BCUT2D eigenvalue weighted by atomic mass is 9.66. The summed E-state index contributed by atoms with van der Waals surface area (Å²) in [4.78, 5) is 13.0. The molecule has 2 aromatic rings. The van der Waals surface area contributed by atoms with Gasteiger partial charge in [0.15, 0.2) is 0 Å². The molecule has 3 nitrogen and oxygen atoms in total. The second kappa shape index (κ2) is 5.50. The predicted molar refractivity (Wildman–Crippen MR) is 89.5 cm³/mol. The minimum absolute atomic E-state index is 0.0918. The molecule has 0 aromatic heterocycles. The summed E-state index contributed by atoms with van der Waals surface area (Å²) in [6, 6.07) is 16.2. The van der Waals surface area contributed by atoms with Gasteiger partial charge >= 0.3 is 5.97 Å². The first-order valence-corrected chi connectivity index (χ1v) is 8.24. The van der Waals surface area contributed by atoms with E-state index >= 15 is 0 Å². The number of nitrogens with one attached hydrogen (secondary N) is 1. The van der Waals surface area contributed by atoms with E-state index in [0.29, 0.717) is 18.2 Å². The number of fused-ring (bicyclic) bond motifs is 2. The molecule has 0 bridgehead atoms. The van der Waals surface area contributed by atoms with Crippen molar-refractivity contribution in [2.45, 2.75) is 19.8 Å². The van der Waals surface area contributed by atoms with E-state index in [1.54, 1.807) is 0 Å². The number of rotatable bonds is 2. The number of carbonyl (C=O) groups excluding carboxylic acids is 1. The maximum atomic E-state index is 13.0. The summed E-state index contributed by atoms with van der Waals surface area (Å²) in [7, 11) is 0. The molecule has 2 atom stereocenters. The maximum Gasteiger partial charge on any atom is 0.319 e. The molecule has 2 aromatic carbocycles. The van der Waals surface area contributed by atoms with Crippen LogP contribution in [0.1, 0.15) is 16.7 Å². The van der Waals surface area contributed by atoms with Crippen molar-refractivity contribution in [2.75, 3.05) is 13.1 Å². The van der Waals surface area contributed by atoms with Gasteiger partial charge < -0.3 is 10.1 Å². The Morgan fingerprint density at radius 3 is 2.65 bits per heavy atom. The Morgan fingerprint density at radius 2 is 1.87 bits per heavy atom. The fourth-order valence-electron chi connectivity index (χ4n) is 3.94. The molecule has 0 amide bonds. The Labute approximate surface area is 136 Å². The summed E-state index contributed by atoms with van der Waals surface area (Å²) in [5.74, 6) is 0.862. The number of benzene rings is 2. The topological polar surface area (TPSA) is 38.3 Å². The van der Waals surface area contributed by atoms with Crippen LogP contribution in [-0.2, 0) is 17.6 Å². The first kappa shape index (κ1) is 14.5. The van der Waals surface area contributed by atoms with Crippen LogP contribution in [0.4, 0.5) is 0 Å². The van der Waals surface area contributed by atoms with Crippen LogP contribution in [0, 0.1) is 18.3 Å². The Hall–Kier alpha value is -2.13. The molecule has 0 radical (unpaired) electrons. The molecule has 0 saturated carbocycles. The third-order valence-electron chi connectivity index (χ3n) is 5.34. The number of ether oxygens (including phenoxy) is 1. The van der Waals surface area contributed by atoms with E-state index in [0.717, 1.165) is 24.9 Å². The molecule has 23 heavy (non-hydrogen) atoms. The highest BCUT2D eigenvalue weighted by Crippen LogP contribution is 2.43. The van der Waals surface area contributed by atoms with Crippen molar-refractivity contribution < 1.29 is 9.53 Å². The Morgan fingerprint density at radius 1 is 1.13 bits per heavy atom. The number of carbonyl (C=O) groups is 1. The number of esters is 1. The van der Waals surface area contributed by atoms with Gasteiger partial charge in [0, 0.05) is 6.54 Å². The molecular weight excluding hydrogens is 286 g/mol. The van der Waals surface area contributed by atoms with Gasteiger partial charge in [0.05, 0.1) is 5.41 Å². The highest BCUT2D eigenvalue weighted by Gasteiger charge is 2.52.